The van der Waals surface area contributed by atoms with Crippen molar-refractivity contribution < 1.29 is 0 Å². The number of thiazole rings is 1. The Morgan fingerprint density at radius 3 is 2.59 bits per heavy atom. The molecule has 2 aromatic rings. The second-order valence-electron chi connectivity index (χ2n) is 4.08. The summed E-state index contributed by atoms with van der Waals surface area (Å²) in [6.45, 7) is 6.32. The molecule has 2 rings (SSSR count). The van der Waals surface area contributed by atoms with Crippen molar-refractivity contribution in [3.8, 4) is 0 Å². The van der Waals surface area contributed by atoms with E-state index >= 15 is 0 Å². The standard InChI is InChI=1S/C12H15ClN2S2/c1-7-6-16-12(14-7)9(3)15-8(2)10-4-5-11(13)17-10/h4-6,8-9,15H,1-3H3. The van der Waals surface area contributed by atoms with Gasteiger partial charge in [0.15, 0.2) is 0 Å². The van der Waals surface area contributed by atoms with Crippen LogP contribution in [0.1, 0.15) is 41.5 Å². The Hall–Kier alpha value is -0.420. The molecule has 1 N–H and O–H groups in total. The molecule has 0 saturated heterocycles. The van der Waals surface area contributed by atoms with E-state index < -0.39 is 0 Å². The molecule has 2 aromatic heterocycles. The maximum absolute atomic E-state index is 5.94. The molecule has 0 amide bonds. The van der Waals surface area contributed by atoms with Crippen molar-refractivity contribution in [2.75, 3.05) is 0 Å². The van der Waals surface area contributed by atoms with Gasteiger partial charge in [-0.2, -0.15) is 0 Å². The van der Waals surface area contributed by atoms with E-state index in [1.165, 1.54) is 4.88 Å². The van der Waals surface area contributed by atoms with Crippen molar-refractivity contribution in [2.45, 2.75) is 32.9 Å². The first-order valence-corrected chi connectivity index (χ1v) is 7.57. The van der Waals surface area contributed by atoms with Gasteiger partial charge in [0.1, 0.15) is 5.01 Å². The van der Waals surface area contributed by atoms with E-state index in [-0.39, 0.29) is 6.04 Å². The zero-order chi connectivity index (χ0) is 12.4. The fraction of sp³-hybridized carbons (Fsp3) is 0.417. The Morgan fingerprint density at radius 1 is 1.29 bits per heavy atom. The first-order chi connectivity index (χ1) is 8.06. The molecular formula is C12H15ClN2S2. The minimum Gasteiger partial charge on any atom is -0.301 e. The number of halogens is 1. The van der Waals surface area contributed by atoms with Gasteiger partial charge < -0.3 is 5.32 Å². The number of hydrogen-bond donors (Lipinski definition) is 1. The van der Waals surface area contributed by atoms with Gasteiger partial charge in [0.25, 0.3) is 0 Å². The van der Waals surface area contributed by atoms with Gasteiger partial charge in [0.2, 0.25) is 0 Å². The molecule has 0 aliphatic heterocycles. The van der Waals surface area contributed by atoms with Crippen LogP contribution in [0.2, 0.25) is 4.34 Å². The lowest BCUT2D eigenvalue weighted by atomic mass is 10.2. The predicted molar refractivity (Wildman–Crippen MR) is 76.1 cm³/mol. The highest BCUT2D eigenvalue weighted by Crippen LogP contribution is 2.28. The quantitative estimate of drug-likeness (QED) is 0.890. The second-order valence-corrected chi connectivity index (χ2v) is 6.72. The van der Waals surface area contributed by atoms with E-state index in [0.29, 0.717) is 6.04 Å². The largest absolute Gasteiger partial charge is 0.301 e. The van der Waals surface area contributed by atoms with Gasteiger partial charge in [-0.1, -0.05) is 11.6 Å². The van der Waals surface area contributed by atoms with Crippen LogP contribution in [-0.4, -0.2) is 4.98 Å². The molecule has 2 atom stereocenters. The maximum Gasteiger partial charge on any atom is 0.110 e. The van der Waals surface area contributed by atoms with Crippen LogP contribution in [0.25, 0.3) is 0 Å². The summed E-state index contributed by atoms with van der Waals surface area (Å²) in [5.74, 6) is 0. The van der Waals surface area contributed by atoms with Gasteiger partial charge in [-0.15, -0.1) is 22.7 Å². The zero-order valence-electron chi connectivity index (χ0n) is 10.0. The SMILES string of the molecule is Cc1csc(C(C)NC(C)c2ccc(Cl)s2)n1. The molecule has 0 saturated carbocycles. The molecule has 2 heterocycles. The topological polar surface area (TPSA) is 24.9 Å². The number of thiophene rings is 1. The Labute approximate surface area is 115 Å². The summed E-state index contributed by atoms with van der Waals surface area (Å²) in [6.07, 6.45) is 0. The van der Waals surface area contributed by atoms with E-state index in [0.717, 1.165) is 15.0 Å². The number of aromatic nitrogens is 1. The summed E-state index contributed by atoms with van der Waals surface area (Å²) in [4.78, 5) is 5.76. The molecule has 2 unspecified atom stereocenters. The van der Waals surface area contributed by atoms with E-state index in [4.69, 9.17) is 11.6 Å². The summed E-state index contributed by atoms with van der Waals surface area (Å²) in [6, 6.07) is 4.58. The molecule has 0 radical (unpaired) electrons. The van der Waals surface area contributed by atoms with Gasteiger partial charge in [-0.05, 0) is 32.9 Å². The lowest BCUT2D eigenvalue weighted by Crippen LogP contribution is -2.21. The molecule has 0 aliphatic rings. The van der Waals surface area contributed by atoms with Crippen molar-refractivity contribution in [1.29, 1.82) is 0 Å². The van der Waals surface area contributed by atoms with Crippen LogP contribution in [0.5, 0.6) is 0 Å². The van der Waals surface area contributed by atoms with Crippen LogP contribution in [0.4, 0.5) is 0 Å². The normalized spacial score (nSPS) is 14.8. The number of nitrogens with zero attached hydrogens (tertiary/aromatic N) is 1. The Bertz CT molecular complexity index is 448. The predicted octanol–water partition coefficient (Wildman–Crippen LogP) is 4.58. The highest BCUT2D eigenvalue weighted by molar-refractivity contribution is 7.16. The number of rotatable bonds is 4. The lowest BCUT2D eigenvalue weighted by molar-refractivity contribution is 0.498. The summed E-state index contributed by atoms with van der Waals surface area (Å²) in [5, 5.41) is 6.76. The van der Waals surface area contributed by atoms with Gasteiger partial charge in [-0.3, -0.25) is 0 Å². The average molecular weight is 287 g/mol. The summed E-state index contributed by atoms with van der Waals surface area (Å²) < 4.78 is 0.839. The van der Waals surface area contributed by atoms with E-state index in [1.54, 1.807) is 22.7 Å². The third-order valence-corrected chi connectivity index (χ3v) is 5.09. The van der Waals surface area contributed by atoms with E-state index in [9.17, 15) is 0 Å². The summed E-state index contributed by atoms with van der Waals surface area (Å²) in [5.41, 5.74) is 1.09. The van der Waals surface area contributed by atoms with Crippen LogP contribution in [0.15, 0.2) is 17.5 Å². The molecule has 92 valence electrons. The smallest absolute Gasteiger partial charge is 0.110 e. The molecular weight excluding hydrogens is 272 g/mol. The molecule has 2 nitrogen and oxygen atoms in total. The van der Waals surface area contributed by atoms with Crippen LogP contribution in [0, 0.1) is 6.92 Å². The van der Waals surface area contributed by atoms with E-state index in [2.05, 4.69) is 35.6 Å². The Kier molecular flexibility index (Phi) is 4.20. The van der Waals surface area contributed by atoms with Crippen LogP contribution in [-0.2, 0) is 0 Å². The van der Waals surface area contributed by atoms with Gasteiger partial charge >= 0.3 is 0 Å². The minimum absolute atomic E-state index is 0.268. The number of nitrogens with one attached hydrogen (secondary N) is 1. The van der Waals surface area contributed by atoms with Crippen molar-refractivity contribution in [2.24, 2.45) is 0 Å². The summed E-state index contributed by atoms with van der Waals surface area (Å²) >= 11 is 9.27. The fourth-order valence-corrected chi connectivity index (χ4v) is 3.55. The first kappa shape index (κ1) is 13.0. The second kappa shape index (κ2) is 5.48. The third kappa shape index (κ3) is 3.28. The molecule has 17 heavy (non-hydrogen) atoms. The minimum atomic E-state index is 0.268. The molecule has 5 heteroatoms. The average Bonchev–Trinajstić information content (AvgIpc) is 2.87. The molecule has 0 fully saturated rings. The Balaban J connectivity index is 2.01. The molecule has 0 aliphatic carbocycles. The van der Waals surface area contributed by atoms with Crippen molar-refractivity contribution >= 4 is 34.3 Å². The fourth-order valence-electron chi connectivity index (χ4n) is 1.66. The first-order valence-electron chi connectivity index (χ1n) is 5.49. The van der Waals surface area contributed by atoms with Gasteiger partial charge in [-0.25, -0.2) is 4.98 Å². The van der Waals surface area contributed by atoms with Gasteiger partial charge in [0.05, 0.1) is 10.4 Å². The third-order valence-electron chi connectivity index (χ3n) is 2.53. The molecule has 0 spiro atoms. The number of aryl methyl sites for hydroxylation is 1. The zero-order valence-corrected chi connectivity index (χ0v) is 12.4. The van der Waals surface area contributed by atoms with Crippen molar-refractivity contribution in [3.63, 3.8) is 0 Å². The number of hydrogen-bond acceptors (Lipinski definition) is 4. The van der Waals surface area contributed by atoms with Gasteiger partial charge in [0, 0.05) is 22.0 Å². The highest BCUT2D eigenvalue weighted by Gasteiger charge is 2.14. The van der Waals surface area contributed by atoms with Crippen LogP contribution >= 0.6 is 34.3 Å². The van der Waals surface area contributed by atoms with Crippen molar-refractivity contribution in [3.05, 3.63) is 37.4 Å². The van der Waals surface area contributed by atoms with Crippen LogP contribution < -0.4 is 5.32 Å². The van der Waals surface area contributed by atoms with Crippen LogP contribution in [0.3, 0.4) is 0 Å². The van der Waals surface area contributed by atoms with Crippen molar-refractivity contribution in [1.82, 2.24) is 10.3 Å². The highest BCUT2D eigenvalue weighted by atomic mass is 35.5. The maximum atomic E-state index is 5.94. The summed E-state index contributed by atoms with van der Waals surface area (Å²) in [7, 11) is 0. The monoisotopic (exact) mass is 286 g/mol. The van der Waals surface area contributed by atoms with E-state index in [1.807, 2.05) is 13.0 Å². The lowest BCUT2D eigenvalue weighted by Gasteiger charge is -2.17. The Morgan fingerprint density at radius 2 is 2.06 bits per heavy atom. The molecule has 0 aromatic carbocycles. The molecule has 0 bridgehead atoms.